The third-order valence-electron chi connectivity index (χ3n) is 5.71. The molecule has 3 aromatic heterocycles. The number of thiazole rings is 1. The van der Waals surface area contributed by atoms with Crippen molar-refractivity contribution in [3.63, 3.8) is 0 Å². The second kappa shape index (κ2) is 11.1. The number of ether oxygens (including phenoxy) is 1. The number of nitrogens with zero attached hydrogens (tertiary/aromatic N) is 4. The normalized spacial score (nSPS) is 10.9. The highest BCUT2D eigenvalue weighted by Gasteiger charge is 2.12. The fourth-order valence-electron chi connectivity index (χ4n) is 3.92. The average molecular weight is 512 g/mol. The van der Waals surface area contributed by atoms with Gasteiger partial charge < -0.3 is 15.2 Å². The molecule has 0 aliphatic rings. The lowest BCUT2D eigenvalue weighted by Crippen LogP contribution is -2.05. The number of anilines is 2. The van der Waals surface area contributed by atoms with Crippen molar-refractivity contribution in [2.24, 2.45) is 0 Å². The summed E-state index contributed by atoms with van der Waals surface area (Å²) in [7, 11) is 1.60. The first-order chi connectivity index (χ1) is 18.0. The first kappa shape index (κ1) is 24.3. The van der Waals surface area contributed by atoms with Crippen LogP contribution in [0.3, 0.4) is 0 Å². The zero-order valence-corrected chi connectivity index (χ0v) is 21.0. The van der Waals surface area contributed by atoms with Crippen molar-refractivity contribution in [1.82, 2.24) is 19.9 Å². The summed E-state index contributed by atoms with van der Waals surface area (Å²) < 4.78 is 5.24. The first-order valence-corrected chi connectivity index (χ1v) is 12.6. The van der Waals surface area contributed by atoms with Gasteiger partial charge >= 0.3 is 5.97 Å². The van der Waals surface area contributed by atoms with E-state index >= 15 is 0 Å². The molecule has 2 aromatic carbocycles. The van der Waals surface area contributed by atoms with E-state index in [1.54, 1.807) is 7.11 Å². The Morgan fingerprint density at radius 1 is 0.892 bits per heavy atom. The number of aryl methyl sites for hydroxylation is 1. The molecule has 2 N–H and O–H groups in total. The summed E-state index contributed by atoms with van der Waals surface area (Å²) >= 11 is 1.52. The minimum Gasteiger partial charge on any atom is -0.481 e. The Morgan fingerprint density at radius 2 is 1.65 bits per heavy atom. The van der Waals surface area contributed by atoms with Crippen LogP contribution in [0.2, 0.25) is 0 Å². The lowest BCUT2D eigenvalue weighted by atomic mass is 10.1. The van der Waals surface area contributed by atoms with Gasteiger partial charge in [-0.3, -0.25) is 4.79 Å². The fourth-order valence-corrected chi connectivity index (χ4v) is 4.86. The van der Waals surface area contributed by atoms with Crippen LogP contribution >= 0.6 is 11.3 Å². The quantitative estimate of drug-likeness (QED) is 0.255. The topological polar surface area (TPSA) is 110 Å². The number of methoxy groups -OCH3 is 1. The minimum absolute atomic E-state index is 0.106. The Hall–Kier alpha value is -4.37. The molecule has 0 fully saturated rings. The van der Waals surface area contributed by atoms with E-state index in [0.717, 1.165) is 43.6 Å². The zero-order chi connectivity index (χ0) is 25.6. The van der Waals surface area contributed by atoms with Gasteiger partial charge in [-0.25, -0.2) is 19.9 Å². The number of fused-ring (bicyclic) bond motifs is 1. The van der Waals surface area contributed by atoms with Crippen molar-refractivity contribution in [2.75, 3.05) is 12.4 Å². The van der Waals surface area contributed by atoms with Crippen LogP contribution in [0.1, 0.15) is 33.9 Å². The van der Waals surface area contributed by atoms with Crippen molar-refractivity contribution in [3.05, 3.63) is 100 Å². The summed E-state index contributed by atoms with van der Waals surface area (Å²) in [6.07, 6.45) is 1.83. The highest BCUT2D eigenvalue weighted by Crippen LogP contribution is 2.25. The number of carbonyl (C=O) groups is 1. The summed E-state index contributed by atoms with van der Waals surface area (Å²) in [5, 5.41) is 13.1. The van der Waals surface area contributed by atoms with Gasteiger partial charge in [0.2, 0.25) is 11.8 Å². The molecule has 5 rings (SSSR count). The molecule has 0 bridgehead atoms. The number of nitrogens with one attached hydrogen (secondary N) is 1. The maximum absolute atomic E-state index is 10.8. The van der Waals surface area contributed by atoms with Crippen molar-refractivity contribution in [3.8, 4) is 5.88 Å². The van der Waals surface area contributed by atoms with Crippen molar-refractivity contribution in [1.29, 1.82) is 0 Å². The third kappa shape index (κ3) is 6.45. The van der Waals surface area contributed by atoms with E-state index in [1.807, 2.05) is 60.7 Å². The molecule has 0 atom stereocenters. The second-order valence-electron chi connectivity index (χ2n) is 8.51. The van der Waals surface area contributed by atoms with Crippen LogP contribution in [0.4, 0.5) is 11.6 Å². The average Bonchev–Trinajstić information content (AvgIpc) is 3.30. The summed E-state index contributed by atoms with van der Waals surface area (Å²) in [6.45, 7) is 0. The Bertz CT molecular complexity index is 1520. The van der Waals surface area contributed by atoms with Gasteiger partial charge in [-0.15, -0.1) is 0 Å². The summed E-state index contributed by atoms with van der Waals surface area (Å²) in [6, 6.07) is 23.6. The molecule has 0 spiro atoms. The van der Waals surface area contributed by atoms with E-state index in [4.69, 9.17) is 24.8 Å². The number of pyridine rings is 1. The number of carboxylic acids is 1. The van der Waals surface area contributed by atoms with Crippen molar-refractivity contribution in [2.45, 2.75) is 25.7 Å². The van der Waals surface area contributed by atoms with Crippen LogP contribution in [0.25, 0.3) is 10.3 Å². The first-order valence-electron chi connectivity index (χ1n) is 11.8. The molecule has 5 aromatic rings. The van der Waals surface area contributed by atoms with E-state index in [-0.39, 0.29) is 6.42 Å². The summed E-state index contributed by atoms with van der Waals surface area (Å²) in [5.41, 5.74) is 5.55. The maximum Gasteiger partial charge on any atom is 0.303 e. The van der Waals surface area contributed by atoms with Crippen LogP contribution in [0.5, 0.6) is 5.88 Å². The van der Waals surface area contributed by atoms with Crippen LogP contribution < -0.4 is 10.1 Å². The van der Waals surface area contributed by atoms with Gasteiger partial charge in [-0.1, -0.05) is 53.8 Å². The highest BCUT2D eigenvalue weighted by molar-refractivity contribution is 7.18. The van der Waals surface area contributed by atoms with E-state index in [0.29, 0.717) is 31.1 Å². The molecule has 9 heteroatoms. The van der Waals surface area contributed by atoms with Gasteiger partial charge in [0.25, 0.3) is 0 Å². The lowest BCUT2D eigenvalue weighted by molar-refractivity contribution is -0.136. The van der Waals surface area contributed by atoms with E-state index in [2.05, 4.69) is 22.4 Å². The Kier molecular flexibility index (Phi) is 7.32. The number of carboxylic acid groups (broad SMARTS) is 1. The lowest BCUT2D eigenvalue weighted by Gasteiger charge is -2.10. The molecule has 0 aliphatic heterocycles. The molecule has 0 amide bonds. The van der Waals surface area contributed by atoms with E-state index in [9.17, 15) is 4.79 Å². The number of hydrogen-bond donors (Lipinski definition) is 2. The Labute approximate surface area is 218 Å². The Morgan fingerprint density at radius 3 is 2.38 bits per heavy atom. The molecular weight excluding hydrogens is 486 g/mol. The minimum atomic E-state index is -0.804. The standard InChI is InChI=1S/C28H25N5O3S/c1-36-24-13-12-23-27(33-24)37-25(32-23)17-22-16-21(15-19-5-3-2-4-6-19)30-28(31-22)29-20-10-7-18(8-11-20)9-14-26(34)35/h2-8,10-13,16H,9,14-15,17H2,1H3,(H,34,35)(H,29,30,31). The van der Waals surface area contributed by atoms with E-state index < -0.39 is 5.97 Å². The molecule has 0 saturated carbocycles. The molecular formula is C28H25N5O3S. The summed E-state index contributed by atoms with van der Waals surface area (Å²) in [4.78, 5) is 30.4. The maximum atomic E-state index is 10.8. The van der Waals surface area contributed by atoms with Crippen LogP contribution in [0, 0.1) is 0 Å². The van der Waals surface area contributed by atoms with Crippen LogP contribution in [-0.2, 0) is 24.1 Å². The SMILES string of the molecule is COc1ccc2nc(Cc3cc(Cc4ccccc4)nc(Nc4ccc(CCC(=O)O)cc4)n3)sc2n1. The van der Waals surface area contributed by atoms with Gasteiger partial charge in [0.15, 0.2) is 0 Å². The van der Waals surface area contributed by atoms with Crippen molar-refractivity contribution < 1.29 is 14.6 Å². The molecule has 186 valence electrons. The van der Waals surface area contributed by atoms with Gasteiger partial charge in [0.05, 0.1) is 18.5 Å². The molecule has 0 radical (unpaired) electrons. The fraction of sp³-hybridized carbons (Fsp3) is 0.179. The van der Waals surface area contributed by atoms with Crippen LogP contribution in [-0.4, -0.2) is 38.1 Å². The predicted molar refractivity (Wildman–Crippen MR) is 144 cm³/mol. The molecule has 8 nitrogen and oxygen atoms in total. The molecule has 0 aliphatic carbocycles. The number of aromatic nitrogens is 4. The second-order valence-corrected chi connectivity index (χ2v) is 9.58. The largest absolute Gasteiger partial charge is 0.481 e. The van der Waals surface area contributed by atoms with E-state index in [1.165, 1.54) is 11.3 Å². The van der Waals surface area contributed by atoms with Crippen LogP contribution in [0.15, 0.2) is 72.8 Å². The highest BCUT2D eigenvalue weighted by atomic mass is 32.1. The van der Waals surface area contributed by atoms with Gasteiger partial charge in [0, 0.05) is 31.0 Å². The molecule has 0 saturated heterocycles. The van der Waals surface area contributed by atoms with Gasteiger partial charge in [-0.2, -0.15) is 0 Å². The summed E-state index contributed by atoms with van der Waals surface area (Å²) in [5.74, 6) is 0.263. The van der Waals surface area contributed by atoms with Crippen molar-refractivity contribution >= 4 is 39.3 Å². The number of hydrogen-bond acceptors (Lipinski definition) is 8. The Balaban J connectivity index is 1.40. The molecule has 37 heavy (non-hydrogen) atoms. The smallest absolute Gasteiger partial charge is 0.303 e. The number of rotatable bonds is 10. The third-order valence-corrected chi connectivity index (χ3v) is 6.68. The molecule has 3 heterocycles. The zero-order valence-electron chi connectivity index (χ0n) is 20.2. The number of aliphatic carboxylic acids is 1. The monoisotopic (exact) mass is 511 g/mol. The molecule has 0 unspecified atom stereocenters. The van der Waals surface area contributed by atoms with Gasteiger partial charge in [-0.05, 0) is 41.8 Å². The van der Waals surface area contributed by atoms with Gasteiger partial charge in [0.1, 0.15) is 15.4 Å². The predicted octanol–water partition coefficient (Wildman–Crippen LogP) is 5.43. The number of benzene rings is 2.